The molecule has 1 aliphatic rings. The molecular formula is C14H18N4. The maximum atomic E-state index is 5.89. The van der Waals surface area contributed by atoms with Crippen molar-refractivity contribution in [2.24, 2.45) is 0 Å². The number of nitrogens with zero attached hydrogens (tertiary/aromatic N) is 3. The van der Waals surface area contributed by atoms with Crippen molar-refractivity contribution < 1.29 is 0 Å². The van der Waals surface area contributed by atoms with Gasteiger partial charge in [-0.05, 0) is 30.5 Å². The molecule has 2 N–H and O–H groups in total. The van der Waals surface area contributed by atoms with Gasteiger partial charge in [-0.3, -0.25) is 0 Å². The van der Waals surface area contributed by atoms with Gasteiger partial charge in [-0.25, -0.2) is 4.98 Å². The van der Waals surface area contributed by atoms with Crippen LogP contribution in [0.15, 0.2) is 36.9 Å². The van der Waals surface area contributed by atoms with Crippen LogP contribution < -0.4 is 10.6 Å². The van der Waals surface area contributed by atoms with Gasteiger partial charge in [0.2, 0.25) is 0 Å². The molecule has 1 aromatic carbocycles. The molecule has 0 spiro atoms. The van der Waals surface area contributed by atoms with Gasteiger partial charge in [-0.1, -0.05) is 6.07 Å². The molecule has 0 radical (unpaired) electrons. The lowest BCUT2D eigenvalue weighted by Gasteiger charge is -2.31. The van der Waals surface area contributed by atoms with E-state index < -0.39 is 0 Å². The van der Waals surface area contributed by atoms with Gasteiger partial charge in [-0.15, -0.1) is 0 Å². The zero-order valence-electron chi connectivity index (χ0n) is 10.4. The maximum Gasteiger partial charge on any atom is 0.0946 e. The highest BCUT2D eigenvalue weighted by molar-refractivity contribution is 5.62. The minimum absolute atomic E-state index is 0.850. The van der Waals surface area contributed by atoms with Crippen molar-refractivity contribution in [1.29, 1.82) is 0 Å². The Morgan fingerprint density at radius 1 is 1.28 bits per heavy atom. The molecule has 1 aliphatic heterocycles. The highest BCUT2D eigenvalue weighted by Crippen LogP contribution is 2.28. The summed E-state index contributed by atoms with van der Waals surface area (Å²) in [5.41, 5.74) is 9.47. The van der Waals surface area contributed by atoms with E-state index in [9.17, 15) is 0 Å². The van der Waals surface area contributed by atoms with E-state index in [1.54, 1.807) is 0 Å². The summed E-state index contributed by atoms with van der Waals surface area (Å²) in [5, 5.41) is 0. The highest BCUT2D eigenvalue weighted by Gasteiger charge is 2.16. The number of hydrogen-bond donors (Lipinski definition) is 1. The first-order chi connectivity index (χ1) is 8.83. The summed E-state index contributed by atoms with van der Waals surface area (Å²) in [7, 11) is 0. The van der Waals surface area contributed by atoms with Gasteiger partial charge >= 0.3 is 0 Å². The van der Waals surface area contributed by atoms with Gasteiger partial charge in [0, 0.05) is 43.4 Å². The third kappa shape index (κ3) is 2.18. The fraction of sp³-hybridized carbons (Fsp3) is 0.357. The first-order valence-electron chi connectivity index (χ1n) is 6.42. The number of benzene rings is 1. The van der Waals surface area contributed by atoms with Gasteiger partial charge < -0.3 is 15.2 Å². The molecule has 0 saturated carbocycles. The SMILES string of the molecule is Nc1ccc2c(c1)N(CCn1ccnc1)CCC2. The van der Waals surface area contributed by atoms with Crippen LogP contribution in [0.25, 0.3) is 0 Å². The lowest BCUT2D eigenvalue weighted by atomic mass is 10.0. The quantitative estimate of drug-likeness (QED) is 0.836. The fourth-order valence-corrected chi connectivity index (χ4v) is 2.55. The van der Waals surface area contributed by atoms with Crippen molar-refractivity contribution in [2.75, 3.05) is 23.7 Å². The number of rotatable bonds is 3. The molecule has 0 amide bonds. The van der Waals surface area contributed by atoms with Gasteiger partial charge in [0.25, 0.3) is 0 Å². The lowest BCUT2D eigenvalue weighted by Crippen LogP contribution is -2.32. The summed E-state index contributed by atoms with van der Waals surface area (Å²) < 4.78 is 2.11. The molecule has 0 fully saturated rings. The van der Waals surface area contributed by atoms with Crippen LogP contribution in [-0.2, 0) is 13.0 Å². The zero-order valence-corrected chi connectivity index (χ0v) is 10.4. The molecular weight excluding hydrogens is 224 g/mol. The molecule has 4 nitrogen and oxygen atoms in total. The summed E-state index contributed by atoms with van der Waals surface area (Å²) in [6.45, 7) is 3.09. The average Bonchev–Trinajstić information content (AvgIpc) is 2.89. The zero-order chi connectivity index (χ0) is 12.4. The monoisotopic (exact) mass is 242 g/mol. The highest BCUT2D eigenvalue weighted by atomic mass is 15.2. The van der Waals surface area contributed by atoms with E-state index >= 15 is 0 Å². The van der Waals surface area contributed by atoms with Crippen LogP contribution in [0.3, 0.4) is 0 Å². The van der Waals surface area contributed by atoms with Gasteiger partial charge in [0.1, 0.15) is 0 Å². The molecule has 0 saturated heterocycles. The van der Waals surface area contributed by atoms with E-state index in [1.165, 1.54) is 17.7 Å². The Hall–Kier alpha value is -1.97. The number of aromatic nitrogens is 2. The number of hydrogen-bond acceptors (Lipinski definition) is 3. The first kappa shape index (κ1) is 11.1. The predicted molar refractivity (Wildman–Crippen MR) is 73.6 cm³/mol. The van der Waals surface area contributed by atoms with Crippen LogP contribution in [0.2, 0.25) is 0 Å². The first-order valence-corrected chi connectivity index (χ1v) is 6.42. The van der Waals surface area contributed by atoms with E-state index in [1.807, 2.05) is 24.8 Å². The Morgan fingerprint density at radius 3 is 3.06 bits per heavy atom. The van der Waals surface area contributed by atoms with Crippen molar-refractivity contribution in [3.63, 3.8) is 0 Å². The summed E-state index contributed by atoms with van der Waals surface area (Å²) >= 11 is 0. The fourth-order valence-electron chi connectivity index (χ4n) is 2.55. The second-order valence-corrected chi connectivity index (χ2v) is 4.78. The standard InChI is InChI=1S/C14H18N4/c15-13-4-3-12-2-1-6-18(14(12)10-13)9-8-17-7-5-16-11-17/h3-5,7,10-11H,1-2,6,8-9,15H2. The summed E-state index contributed by atoms with van der Waals surface area (Å²) in [6, 6.07) is 6.26. The van der Waals surface area contributed by atoms with Crippen LogP contribution >= 0.6 is 0 Å². The molecule has 94 valence electrons. The molecule has 0 unspecified atom stereocenters. The van der Waals surface area contributed by atoms with Gasteiger partial charge in [0.15, 0.2) is 0 Å². The molecule has 0 bridgehead atoms. The second kappa shape index (κ2) is 4.72. The van der Waals surface area contributed by atoms with Crippen LogP contribution in [-0.4, -0.2) is 22.6 Å². The molecule has 0 atom stereocenters. The number of imidazole rings is 1. The second-order valence-electron chi connectivity index (χ2n) is 4.78. The Morgan fingerprint density at radius 2 is 2.22 bits per heavy atom. The van der Waals surface area contributed by atoms with Crippen LogP contribution in [0.4, 0.5) is 11.4 Å². The third-order valence-corrected chi connectivity index (χ3v) is 3.51. The van der Waals surface area contributed by atoms with Gasteiger partial charge in [-0.2, -0.15) is 0 Å². The van der Waals surface area contributed by atoms with Crippen LogP contribution in [0, 0.1) is 0 Å². The van der Waals surface area contributed by atoms with Crippen molar-refractivity contribution >= 4 is 11.4 Å². The van der Waals surface area contributed by atoms with Crippen molar-refractivity contribution in [1.82, 2.24) is 9.55 Å². The summed E-state index contributed by atoms with van der Waals surface area (Å²) in [5.74, 6) is 0. The van der Waals surface area contributed by atoms with E-state index in [-0.39, 0.29) is 0 Å². The molecule has 18 heavy (non-hydrogen) atoms. The van der Waals surface area contributed by atoms with Crippen molar-refractivity contribution in [2.45, 2.75) is 19.4 Å². The number of fused-ring (bicyclic) bond motifs is 1. The maximum absolute atomic E-state index is 5.89. The summed E-state index contributed by atoms with van der Waals surface area (Å²) in [6.07, 6.45) is 8.08. The van der Waals surface area contributed by atoms with E-state index in [4.69, 9.17) is 5.73 Å². The summed E-state index contributed by atoms with van der Waals surface area (Å²) in [4.78, 5) is 6.49. The third-order valence-electron chi connectivity index (χ3n) is 3.51. The van der Waals surface area contributed by atoms with Crippen molar-refractivity contribution in [3.05, 3.63) is 42.5 Å². The van der Waals surface area contributed by atoms with E-state index in [0.29, 0.717) is 0 Å². The van der Waals surface area contributed by atoms with E-state index in [2.05, 4.69) is 26.6 Å². The largest absolute Gasteiger partial charge is 0.399 e. The Kier molecular flexibility index (Phi) is 2.92. The predicted octanol–water partition coefficient (Wildman–Crippen LogP) is 1.92. The number of anilines is 2. The van der Waals surface area contributed by atoms with Crippen LogP contribution in [0.1, 0.15) is 12.0 Å². The Balaban J connectivity index is 1.76. The van der Waals surface area contributed by atoms with Gasteiger partial charge in [0.05, 0.1) is 6.33 Å². The Labute approximate surface area is 107 Å². The minimum Gasteiger partial charge on any atom is -0.399 e. The molecule has 2 aromatic rings. The minimum atomic E-state index is 0.850. The number of nitrogen functional groups attached to an aromatic ring is 1. The molecule has 2 heterocycles. The average molecular weight is 242 g/mol. The van der Waals surface area contributed by atoms with E-state index in [0.717, 1.165) is 31.7 Å². The smallest absolute Gasteiger partial charge is 0.0946 e. The number of nitrogens with two attached hydrogens (primary N) is 1. The lowest BCUT2D eigenvalue weighted by molar-refractivity contribution is 0.622. The normalized spacial score (nSPS) is 14.6. The van der Waals surface area contributed by atoms with Crippen LogP contribution in [0.5, 0.6) is 0 Å². The molecule has 3 rings (SSSR count). The topological polar surface area (TPSA) is 47.1 Å². The Bertz CT molecular complexity index is 519. The number of aryl methyl sites for hydroxylation is 1. The van der Waals surface area contributed by atoms with Crippen molar-refractivity contribution in [3.8, 4) is 0 Å². The molecule has 0 aliphatic carbocycles. The molecule has 1 aromatic heterocycles. The molecule has 4 heteroatoms.